The molecular weight excluding hydrogens is 454 g/mol. The zero-order valence-electron chi connectivity index (χ0n) is 19.8. The topological polar surface area (TPSA) is 96.0 Å². The first-order chi connectivity index (χ1) is 16.2. The summed E-state index contributed by atoms with van der Waals surface area (Å²) in [5.41, 5.74) is 2.49. The number of amides is 2. The highest BCUT2D eigenvalue weighted by Gasteiger charge is 2.37. The van der Waals surface area contributed by atoms with Crippen LogP contribution >= 0.6 is 0 Å². The largest absolute Gasteiger partial charge is 0.497 e. The minimum atomic E-state index is -3.87. The van der Waals surface area contributed by atoms with Crippen molar-refractivity contribution in [1.82, 2.24) is 9.62 Å². The third kappa shape index (κ3) is 4.81. The van der Waals surface area contributed by atoms with Crippen LogP contribution in [0.5, 0.6) is 5.75 Å². The maximum atomic E-state index is 13.1. The molecule has 1 aliphatic heterocycles. The van der Waals surface area contributed by atoms with Crippen LogP contribution in [0.15, 0.2) is 47.4 Å². The first-order valence-electron chi connectivity index (χ1n) is 11.5. The Labute approximate surface area is 200 Å². The summed E-state index contributed by atoms with van der Waals surface area (Å²) in [5.74, 6) is 0.502. The molecule has 182 valence electrons. The van der Waals surface area contributed by atoms with Gasteiger partial charge in [-0.3, -0.25) is 9.59 Å². The van der Waals surface area contributed by atoms with Crippen LogP contribution in [0.4, 0.5) is 5.69 Å². The first-order valence-corrected chi connectivity index (χ1v) is 13.0. The predicted octanol–water partition coefficient (Wildman–Crippen LogP) is 2.71. The van der Waals surface area contributed by atoms with Crippen LogP contribution in [-0.2, 0) is 32.6 Å². The number of nitrogens with zero attached hydrogens (tertiary/aromatic N) is 2. The Kier molecular flexibility index (Phi) is 6.95. The van der Waals surface area contributed by atoms with Crippen LogP contribution in [0.25, 0.3) is 0 Å². The molecular formula is C25H31N3O5S. The number of anilines is 1. The van der Waals surface area contributed by atoms with Gasteiger partial charge < -0.3 is 15.0 Å². The smallest absolute Gasteiger partial charge is 0.243 e. The fourth-order valence-electron chi connectivity index (χ4n) is 4.46. The van der Waals surface area contributed by atoms with Gasteiger partial charge in [0.05, 0.1) is 18.6 Å². The molecule has 2 aromatic carbocycles. The van der Waals surface area contributed by atoms with Crippen LogP contribution in [0.3, 0.4) is 0 Å². The maximum absolute atomic E-state index is 13.1. The fourth-order valence-corrected chi connectivity index (χ4v) is 5.64. The average molecular weight is 486 g/mol. The van der Waals surface area contributed by atoms with Gasteiger partial charge in [0.1, 0.15) is 5.75 Å². The Hall–Kier alpha value is -2.91. The molecule has 2 aliphatic rings. The molecule has 9 heteroatoms. The van der Waals surface area contributed by atoms with Crippen molar-refractivity contribution >= 4 is 27.5 Å². The van der Waals surface area contributed by atoms with Crippen molar-refractivity contribution in [3.63, 3.8) is 0 Å². The molecule has 0 aromatic heterocycles. The second kappa shape index (κ2) is 9.76. The lowest BCUT2D eigenvalue weighted by atomic mass is 9.84. The summed E-state index contributed by atoms with van der Waals surface area (Å²) in [6, 6.07) is 12.2. The van der Waals surface area contributed by atoms with E-state index in [2.05, 4.69) is 5.32 Å². The highest BCUT2D eigenvalue weighted by atomic mass is 32.2. The fraction of sp³-hybridized carbons (Fsp3) is 0.440. The van der Waals surface area contributed by atoms with Crippen LogP contribution in [-0.4, -0.2) is 51.3 Å². The van der Waals surface area contributed by atoms with Gasteiger partial charge in [-0.15, -0.1) is 0 Å². The number of rotatable bonds is 8. The Bertz CT molecular complexity index is 1190. The lowest BCUT2D eigenvalue weighted by Crippen LogP contribution is -2.42. The molecule has 1 aliphatic carbocycles. The summed E-state index contributed by atoms with van der Waals surface area (Å²) in [4.78, 5) is 27.2. The van der Waals surface area contributed by atoms with Crippen molar-refractivity contribution in [3.8, 4) is 5.75 Å². The number of sulfonamides is 1. The van der Waals surface area contributed by atoms with Crippen molar-refractivity contribution < 1.29 is 22.7 Å². The summed E-state index contributed by atoms with van der Waals surface area (Å²) in [7, 11) is -0.903. The third-order valence-corrected chi connectivity index (χ3v) is 8.46. The van der Waals surface area contributed by atoms with Crippen molar-refractivity contribution in [3.05, 3.63) is 53.6 Å². The molecule has 4 rings (SSSR count). The van der Waals surface area contributed by atoms with Gasteiger partial charge in [-0.1, -0.05) is 18.6 Å². The number of ether oxygens (including phenoxy) is 1. The molecule has 1 fully saturated rings. The van der Waals surface area contributed by atoms with E-state index < -0.39 is 15.9 Å². The minimum Gasteiger partial charge on any atom is -0.497 e. The average Bonchev–Trinajstić information content (AvgIpc) is 3.11. The zero-order chi connectivity index (χ0) is 24.5. The summed E-state index contributed by atoms with van der Waals surface area (Å²) in [6.45, 7) is 1.96. The van der Waals surface area contributed by atoms with E-state index in [1.165, 1.54) is 13.1 Å². The molecule has 2 aromatic rings. The maximum Gasteiger partial charge on any atom is 0.243 e. The van der Waals surface area contributed by atoms with Crippen LogP contribution < -0.4 is 15.0 Å². The van der Waals surface area contributed by atoms with Crippen molar-refractivity contribution in [2.75, 3.05) is 25.6 Å². The van der Waals surface area contributed by atoms with Crippen LogP contribution in [0.2, 0.25) is 0 Å². The monoisotopic (exact) mass is 485 g/mol. The lowest BCUT2D eigenvalue weighted by molar-refractivity contribution is -0.125. The standard InChI is InChI=1S/C25H31N3O5S/c1-17-12-20-14-22(10-11-23(20)28(17)25(30)19-7-5-8-19)34(31,32)27(2)16-24(29)26-15-18-6-4-9-21(13-18)33-3/h4,6,9-11,13-14,17,19H,5,7-8,12,15-16H2,1-3H3,(H,26,29). The second-order valence-corrected chi connectivity index (χ2v) is 11.1. The molecule has 1 saturated carbocycles. The van der Waals surface area contributed by atoms with Gasteiger partial charge in [-0.25, -0.2) is 8.42 Å². The lowest BCUT2D eigenvalue weighted by Gasteiger charge is -2.32. The molecule has 0 bridgehead atoms. The summed E-state index contributed by atoms with van der Waals surface area (Å²) in [5, 5.41) is 2.75. The number of hydrogen-bond acceptors (Lipinski definition) is 5. The molecule has 0 radical (unpaired) electrons. The number of likely N-dealkylation sites (N-methyl/N-ethyl adjacent to an activating group) is 1. The number of carbonyl (C=O) groups excluding carboxylic acids is 2. The molecule has 1 atom stereocenters. The van der Waals surface area contributed by atoms with E-state index >= 15 is 0 Å². The van der Waals surface area contributed by atoms with Gasteiger partial charge in [-0.05, 0) is 67.6 Å². The molecule has 1 heterocycles. The molecule has 1 N–H and O–H groups in total. The zero-order valence-corrected chi connectivity index (χ0v) is 20.6. The van der Waals surface area contributed by atoms with Gasteiger partial charge in [-0.2, -0.15) is 4.31 Å². The highest BCUT2D eigenvalue weighted by Crippen LogP contribution is 2.38. The van der Waals surface area contributed by atoms with E-state index in [0.29, 0.717) is 12.2 Å². The molecule has 1 unspecified atom stereocenters. The minimum absolute atomic E-state index is 0.00109. The molecule has 0 spiro atoms. The van der Waals surface area contributed by atoms with Crippen molar-refractivity contribution in [2.24, 2.45) is 5.92 Å². The number of fused-ring (bicyclic) bond motifs is 1. The molecule has 0 saturated heterocycles. The quantitative estimate of drug-likeness (QED) is 0.620. The number of benzene rings is 2. The van der Waals surface area contributed by atoms with Crippen LogP contribution in [0.1, 0.15) is 37.3 Å². The molecule has 34 heavy (non-hydrogen) atoms. The van der Waals surface area contributed by atoms with Gasteiger partial charge in [0.2, 0.25) is 21.8 Å². The SMILES string of the molecule is COc1cccc(CNC(=O)CN(C)S(=O)(=O)c2ccc3c(c2)CC(C)N3C(=O)C2CCC2)c1. The Morgan fingerprint density at radius 2 is 1.94 bits per heavy atom. The van der Waals surface area contributed by atoms with Crippen molar-refractivity contribution in [2.45, 2.75) is 50.1 Å². The van der Waals surface area contributed by atoms with Gasteiger partial charge in [0.25, 0.3) is 0 Å². The van der Waals surface area contributed by atoms with Gasteiger partial charge >= 0.3 is 0 Å². The molecule has 2 amide bonds. The van der Waals surface area contributed by atoms with Gasteiger partial charge in [0, 0.05) is 31.2 Å². The first kappa shape index (κ1) is 24.2. The van der Waals surface area contributed by atoms with Crippen molar-refractivity contribution in [1.29, 1.82) is 0 Å². The van der Waals surface area contributed by atoms with E-state index in [9.17, 15) is 18.0 Å². The number of carbonyl (C=O) groups is 2. The third-order valence-electron chi connectivity index (χ3n) is 6.66. The summed E-state index contributed by atoms with van der Waals surface area (Å²) < 4.78 is 32.5. The Morgan fingerprint density at radius 3 is 2.62 bits per heavy atom. The Morgan fingerprint density at radius 1 is 1.18 bits per heavy atom. The number of nitrogens with one attached hydrogen (secondary N) is 1. The van der Waals surface area contributed by atoms with E-state index in [1.807, 2.05) is 36.1 Å². The van der Waals surface area contributed by atoms with E-state index in [1.54, 1.807) is 19.2 Å². The Balaban J connectivity index is 1.42. The normalized spacial score (nSPS) is 17.9. The second-order valence-electron chi connectivity index (χ2n) is 9.07. The summed E-state index contributed by atoms with van der Waals surface area (Å²) >= 11 is 0. The number of methoxy groups -OCH3 is 1. The van der Waals surface area contributed by atoms with E-state index in [0.717, 1.165) is 40.4 Å². The van der Waals surface area contributed by atoms with E-state index in [4.69, 9.17) is 4.74 Å². The molecule has 8 nitrogen and oxygen atoms in total. The van der Waals surface area contributed by atoms with Gasteiger partial charge in [0.15, 0.2) is 0 Å². The number of hydrogen-bond donors (Lipinski definition) is 1. The van der Waals surface area contributed by atoms with Crippen LogP contribution in [0, 0.1) is 5.92 Å². The highest BCUT2D eigenvalue weighted by molar-refractivity contribution is 7.89. The predicted molar refractivity (Wildman–Crippen MR) is 129 cm³/mol. The van der Waals surface area contributed by atoms with E-state index in [-0.39, 0.29) is 35.9 Å². The summed E-state index contributed by atoms with van der Waals surface area (Å²) in [6.07, 6.45) is 3.55.